The van der Waals surface area contributed by atoms with E-state index in [2.05, 4.69) is 10.6 Å². The average molecular weight is 275 g/mol. The van der Waals surface area contributed by atoms with Crippen molar-refractivity contribution in [3.8, 4) is 0 Å². The first kappa shape index (κ1) is 14.5. The van der Waals surface area contributed by atoms with Gasteiger partial charge in [0, 0.05) is 24.3 Å². The molecule has 1 aliphatic carbocycles. The Morgan fingerprint density at radius 2 is 2.05 bits per heavy atom. The maximum absolute atomic E-state index is 12.2. The van der Waals surface area contributed by atoms with Gasteiger partial charge in [-0.15, -0.1) is 0 Å². The van der Waals surface area contributed by atoms with Crippen LogP contribution in [0.15, 0.2) is 18.2 Å². The number of hydrogen-bond acceptors (Lipinski definition) is 3. The van der Waals surface area contributed by atoms with E-state index >= 15 is 0 Å². The maximum Gasteiger partial charge on any atom is 0.251 e. The van der Waals surface area contributed by atoms with E-state index in [1.54, 1.807) is 19.2 Å². The second-order valence-corrected chi connectivity index (χ2v) is 5.30. The molecule has 1 fully saturated rings. The molecule has 0 aromatic heterocycles. The fourth-order valence-corrected chi connectivity index (χ4v) is 2.58. The van der Waals surface area contributed by atoms with Crippen molar-refractivity contribution in [2.24, 2.45) is 11.7 Å². The molecular formula is C15H21N3O2. The summed E-state index contributed by atoms with van der Waals surface area (Å²) in [6, 6.07) is 5.21. The van der Waals surface area contributed by atoms with Crippen LogP contribution in [0, 0.1) is 12.8 Å². The van der Waals surface area contributed by atoms with Crippen molar-refractivity contribution in [1.29, 1.82) is 0 Å². The minimum atomic E-state index is -0.168. The SMILES string of the molecule is CNC(=O)c1ccc(C)c(NC(=O)C2CCCC2N)c1. The topological polar surface area (TPSA) is 84.2 Å². The van der Waals surface area contributed by atoms with Crippen molar-refractivity contribution < 1.29 is 9.59 Å². The fourth-order valence-electron chi connectivity index (χ4n) is 2.58. The first-order valence-corrected chi connectivity index (χ1v) is 6.92. The molecular weight excluding hydrogens is 254 g/mol. The molecule has 2 atom stereocenters. The van der Waals surface area contributed by atoms with E-state index < -0.39 is 0 Å². The Labute approximate surface area is 118 Å². The van der Waals surface area contributed by atoms with Gasteiger partial charge in [0.05, 0.1) is 5.92 Å². The van der Waals surface area contributed by atoms with Gasteiger partial charge in [0.15, 0.2) is 0 Å². The molecule has 0 aliphatic heterocycles. The van der Waals surface area contributed by atoms with E-state index in [1.807, 2.05) is 13.0 Å². The summed E-state index contributed by atoms with van der Waals surface area (Å²) in [5, 5.41) is 5.47. The van der Waals surface area contributed by atoms with Gasteiger partial charge in [0.2, 0.25) is 5.91 Å². The summed E-state index contributed by atoms with van der Waals surface area (Å²) in [4.78, 5) is 23.9. The van der Waals surface area contributed by atoms with Crippen LogP contribution in [0.1, 0.15) is 35.2 Å². The van der Waals surface area contributed by atoms with Gasteiger partial charge in [0.1, 0.15) is 0 Å². The lowest BCUT2D eigenvalue weighted by Crippen LogP contribution is -2.34. The molecule has 2 amide bonds. The molecule has 0 heterocycles. The first-order valence-electron chi connectivity index (χ1n) is 6.92. The van der Waals surface area contributed by atoms with Crippen LogP contribution < -0.4 is 16.4 Å². The Hall–Kier alpha value is -1.88. The van der Waals surface area contributed by atoms with Gasteiger partial charge < -0.3 is 16.4 Å². The molecule has 0 radical (unpaired) electrons. The van der Waals surface area contributed by atoms with Crippen LogP contribution in [-0.4, -0.2) is 24.9 Å². The van der Waals surface area contributed by atoms with E-state index in [0.29, 0.717) is 11.3 Å². The highest BCUT2D eigenvalue weighted by molar-refractivity contribution is 5.98. The normalized spacial score (nSPS) is 21.6. The second kappa shape index (κ2) is 6.05. The number of nitrogens with one attached hydrogen (secondary N) is 2. The highest BCUT2D eigenvalue weighted by Crippen LogP contribution is 2.26. The molecule has 20 heavy (non-hydrogen) atoms. The Balaban J connectivity index is 2.16. The van der Waals surface area contributed by atoms with E-state index in [4.69, 9.17) is 5.73 Å². The summed E-state index contributed by atoms with van der Waals surface area (Å²) < 4.78 is 0. The summed E-state index contributed by atoms with van der Waals surface area (Å²) in [7, 11) is 1.58. The third-order valence-corrected chi connectivity index (χ3v) is 3.89. The van der Waals surface area contributed by atoms with Gasteiger partial charge in [0.25, 0.3) is 5.91 Å². The Morgan fingerprint density at radius 3 is 2.65 bits per heavy atom. The van der Waals surface area contributed by atoms with Crippen molar-refractivity contribution in [1.82, 2.24) is 5.32 Å². The molecule has 0 bridgehead atoms. The minimum absolute atomic E-state index is 0.0489. The largest absolute Gasteiger partial charge is 0.355 e. The lowest BCUT2D eigenvalue weighted by Gasteiger charge is -2.16. The highest BCUT2D eigenvalue weighted by atomic mass is 16.2. The molecule has 4 N–H and O–H groups in total. The van der Waals surface area contributed by atoms with E-state index in [1.165, 1.54) is 0 Å². The maximum atomic E-state index is 12.2. The zero-order valence-corrected chi connectivity index (χ0v) is 11.9. The van der Waals surface area contributed by atoms with Crippen LogP contribution in [0.3, 0.4) is 0 Å². The number of rotatable bonds is 3. The molecule has 5 heteroatoms. The molecule has 1 saturated carbocycles. The molecule has 2 unspecified atom stereocenters. The second-order valence-electron chi connectivity index (χ2n) is 5.30. The zero-order chi connectivity index (χ0) is 14.7. The molecule has 0 spiro atoms. The van der Waals surface area contributed by atoms with Crippen LogP contribution in [-0.2, 0) is 4.79 Å². The van der Waals surface area contributed by atoms with E-state index in [-0.39, 0.29) is 23.8 Å². The lowest BCUT2D eigenvalue weighted by atomic mass is 10.0. The number of carbonyl (C=O) groups is 2. The number of benzene rings is 1. The first-order chi connectivity index (χ1) is 9.52. The molecule has 1 aromatic carbocycles. The predicted octanol–water partition coefficient (Wildman–Crippen LogP) is 1.42. The molecule has 108 valence electrons. The van der Waals surface area contributed by atoms with Crippen LogP contribution in [0.4, 0.5) is 5.69 Å². The summed E-state index contributed by atoms with van der Waals surface area (Å²) in [6.45, 7) is 1.90. The van der Waals surface area contributed by atoms with Crippen molar-refractivity contribution >= 4 is 17.5 Å². The zero-order valence-electron chi connectivity index (χ0n) is 11.9. The number of nitrogens with two attached hydrogens (primary N) is 1. The highest BCUT2D eigenvalue weighted by Gasteiger charge is 2.30. The predicted molar refractivity (Wildman–Crippen MR) is 78.5 cm³/mol. The van der Waals surface area contributed by atoms with Crippen molar-refractivity contribution in [3.05, 3.63) is 29.3 Å². The smallest absolute Gasteiger partial charge is 0.251 e. The van der Waals surface area contributed by atoms with Gasteiger partial charge >= 0.3 is 0 Å². The van der Waals surface area contributed by atoms with Crippen LogP contribution >= 0.6 is 0 Å². The van der Waals surface area contributed by atoms with Crippen LogP contribution in [0.5, 0.6) is 0 Å². The minimum Gasteiger partial charge on any atom is -0.355 e. The third-order valence-electron chi connectivity index (χ3n) is 3.89. The monoisotopic (exact) mass is 275 g/mol. The lowest BCUT2D eigenvalue weighted by molar-refractivity contribution is -0.120. The van der Waals surface area contributed by atoms with Crippen molar-refractivity contribution in [2.75, 3.05) is 12.4 Å². The van der Waals surface area contributed by atoms with Gasteiger partial charge in [-0.3, -0.25) is 9.59 Å². The van der Waals surface area contributed by atoms with Crippen LogP contribution in [0.2, 0.25) is 0 Å². The number of amides is 2. The summed E-state index contributed by atoms with van der Waals surface area (Å²) in [6.07, 6.45) is 2.73. The van der Waals surface area contributed by atoms with Crippen LogP contribution in [0.25, 0.3) is 0 Å². The van der Waals surface area contributed by atoms with Gasteiger partial charge in [-0.25, -0.2) is 0 Å². The Morgan fingerprint density at radius 1 is 1.30 bits per heavy atom. The Bertz CT molecular complexity index is 528. The molecule has 1 aliphatic rings. The standard InChI is InChI=1S/C15H21N3O2/c1-9-6-7-10(14(19)17-2)8-13(9)18-15(20)11-4-3-5-12(11)16/h6-8,11-12H,3-5,16H2,1-2H3,(H,17,19)(H,18,20). The van der Waals surface area contributed by atoms with Crippen molar-refractivity contribution in [2.45, 2.75) is 32.2 Å². The Kier molecular flexibility index (Phi) is 4.39. The molecule has 2 rings (SSSR count). The van der Waals surface area contributed by atoms with Gasteiger partial charge in [-0.1, -0.05) is 12.5 Å². The van der Waals surface area contributed by atoms with Gasteiger partial charge in [-0.05, 0) is 37.5 Å². The third kappa shape index (κ3) is 2.99. The molecule has 1 aromatic rings. The number of hydrogen-bond donors (Lipinski definition) is 3. The number of aryl methyl sites for hydroxylation is 1. The average Bonchev–Trinajstić information content (AvgIpc) is 2.86. The summed E-state index contributed by atoms with van der Waals surface area (Å²) >= 11 is 0. The summed E-state index contributed by atoms with van der Waals surface area (Å²) in [5.41, 5.74) is 8.08. The van der Waals surface area contributed by atoms with E-state index in [9.17, 15) is 9.59 Å². The number of anilines is 1. The fraction of sp³-hybridized carbons (Fsp3) is 0.467. The number of carbonyl (C=O) groups excluding carboxylic acids is 2. The van der Waals surface area contributed by atoms with Gasteiger partial charge in [-0.2, -0.15) is 0 Å². The molecule has 0 saturated heterocycles. The molecule has 5 nitrogen and oxygen atoms in total. The summed E-state index contributed by atoms with van der Waals surface area (Å²) in [5.74, 6) is -0.344. The van der Waals surface area contributed by atoms with Crippen molar-refractivity contribution in [3.63, 3.8) is 0 Å². The van der Waals surface area contributed by atoms with E-state index in [0.717, 1.165) is 24.8 Å². The quantitative estimate of drug-likeness (QED) is 0.780.